The molecule has 2 rings (SSSR count). The standard InChI is InChI=1S/C35H60N2/c1-3-5-7-9-11-12-13-14-15-17-19-24-28-35(37-30-29-36-32-37)34(31-33-25-21-20-22-26-33)27-23-18-16-10-8-6-4-2/h20-22,25-26,29-30,32,34-35H,3-19,23-24,27-28,31H2,1-2H3. The summed E-state index contributed by atoms with van der Waals surface area (Å²) in [6.45, 7) is 4.61. The highest BCUT2D eigenvalue weighted by Gasteiger charge is 2.23. The molecule has 0 aliphatic carbocycles. The average molecular weight is 509 g/mol. The average Bonchev–Trinajstić information content (AvgIpc) is 3.46. The van der Waals surface area contributed by atoms with Gasteiger partial charge in [0.15, 0.2) is 0 Å². The predicted octanol–water partition coefficient (Wildman–Crippen LogP) is 11.5. The Morgan fingerprint density at radius 1 is 0.595 bits per heavy atom. The summed E-state index contributed by atoms with van der Waals surface area (Å²) in [6.07, 6.45) is 36.9. The monoisotopic (exact) mass is 508 g/mol. The molecule has 2 atom stereocenters. The first kappa shape index (κ1) is 31.6. The molecule has 0 fully saturated rings. The Hall–Kier alpha value is -1.57. The maximum Gasteiger partial charge on any atom is 0.0948 e. The number of hydrogen-bond donors (Lipinski definition) is 0. The van der Waals surface area contributed by atoms with Gasteiger partial charge in [0.2, 0.25) is 0 Å². The summed E-state index contributed by atoms with van der Waals surface area (Å²) in [5.74, 6) is 0.694. The fraction of sp³-hybridized carbons (Fsp3) is 0.743. The number of benzene rings is 1. The molecule has 2 aromatic rings. The summed E-state index contributed by atoms with van der Waals surface area (Å²) < 4.78 is 2.44. The van der Waals surface area contributed by atoms with Crippen LogP contribution in [-0.4, -0.2) is 9.55 Å². The Morgan fingerprint density at radius 2 is 1.08 bits per heavy atom. The summed E-state index contributed by atoms with van der Waals surface area (Å²) >= 11 is 0. The first-order valence-corrected chi connectivity index (χ1v) is 16.4. The van der Waals surface area contributed by atoms with Gasteiger partial charge in [0.1, 0.15) is 0 Å². The zero-order valence-electron chi connectivity index (χ0n) is 24.7. The second-order valence-corrected chi connectivity index (χ2v) is 11.6. The van der Waals surface area contributed by atoms with Gasteiger partial charge < -0.3 is 4.57 Å². The number of unbranched alkanes of at least 4 members (excludes halogenated alkanes) is 17. The van der Waals surface area contributed by atoms with Crippen LogP contribution in [0.15, 0.2) is 49.1 Å². The second kappa shape index (κ2) is 22.4. The van der Waals surface area contributed by atoms with Crippen LogP contribution in [0.1, 0.15) is 160 Å². The Bertz CT molecular complexity index is 708. The summed E-state index contributed by atoms with van der Waals surface area (Å²) in [6, 6.07) is 11.8. The molecular formula is C35H60N2. The Labute approximate surface area is 231 Å². The van der Waals surface area contributed by atoms with Crippen molar-refractivity contribution in [1.82, 2.24) is 9.55 Å². The maximum atomic E-state index is 4.44. The van der Waals surface area contributed by atoms with Crippen molar-refractivity contribution < 1.29 is 0 Å². The lowest BCUT2D eigenvalue weighted by molar-refractivity contribution is 0.275. The molecular weight excluding hydrogens is 448 g/mol. The highest BCUT2D eigenvalue weighted by atomic mass is 15.1. The third-order valence-electron chi connectivity index (χ3n) is 8.32. The van der Waals surface area contributed by atoms with Crippen molar-refractivity contribution in [2.24, 2.45) is 5.92 Å². The smallest absolute Gasteiger partial charge is 0.0948 e. The van der Waals surface area contributed by atoms with Gasteiger partial charge >= 0.3 is 0 Å². The summed E-state index contributed by atoms with van der Waals surface area (Å²) in [5, 5.41) is 0. The molecule has 210 valence electrons. The van der Waals surface area contributed by atoms with Crippen LogP contribution in [0.5, 0.6) is 0 Å². The van der Waals surface area contributed by atoms with Gasteiger partial charge in [-0.15, -0.1) is 0 Å². The van der Waals surface area contributed by atoms with Crippen LogP contribution in [0.4, 0.5) is 0 Å². The van der Waals surface area contributed by atoms with Crippen LogP contribution in [0.25, 0.3) is 0 Å². The van der Waals surface area contributed by atoms with E-state index in [0.29, 0.717) is 12.0 Å². The molecule has 1 heterocycles. The zero-order chi connectivity index (χ0) is 26.2. The lowest BCUT2D eigenvalue weighted by Gasteiger charge is -2.29. The molecule has 0 N–H and O–H groups in total. The summed E-state index contributed by atoms with van der Waals surface area (Å²) in [4.78, 5) is 4.44. The SMILES string of the molecule is CCCCCCCCCCCCCCC(C(CCCCCCCCC)Cc1ccccc1)n1ccnc1. The number of rotatable bonds is 25. The van der Waals surface area contributed by atoms with Gasteiger partial charge in [-0.3, -0.25) is 0 Å². The van der Waals surface area contributed by atoms with Gasteiger partial charge in [-0.2, -0.15) is 0 Å². The zero-order valence-corrected chi connectivity index (χ0v) is 24.7. The fourth-order valence-corrected chi connectivity index (χ4v) is 6.00. The number of hydrogen-bond acceptors (Lipinski definition) is 1. The van der Waals surface area contributed by atoms with E-state index in [1.807, 2.05) is 6.20 Å². The predicted molar refractivity (Wildman–Crippen MR) is 163 cm³/mol. The third kappa shape index (κ3) is 15.4. The van der Waals surface area contributed by atoms with Crippen LogP contribution in [-0.2, 0) is 6.42 Å². The van der Waals surface area contributed by atoms with Gasteiger partial charge in [0.25, 0.3) is 0 Å². The first-order chi connectivity index (χ1) is 18.3. The quantitative estimate of drug-likeness (QED) is 0.122. The summed E-state index contributed by atoms with van der Waals surface area (Å²) in [7, 11) is 0. The molecule has 0 saturated heterocycles. The van der Waals surface area contributed by atoms with Crippen molar-refractivity contribution >= 4 is 0 Å². The van der Waals surface area contributed by atoms with Gasteiger partial charge in [-0.05, 0) is 30.7 Å². The van der Waals surface area contributed by atoms with E-state index in [1.165, 1.54) is 147 Å². The number of aromatic nitrogens is 2. The highest BCUT2D eigenvalue weighted by Crippen LogP contribution is 2.32. The van der Waals surface area contributed by atoms with Crippen LogP contribution >= 0.6 is 0 Å². The second-order valence-electron chi connectivity index (χ2n) is 11.6. The molecule has 2 unspecified atom stereocenters. The minimum atomic E-state index is 0.575. The van der Waals surface area contributed by atoms with E-state index in [-0.39, 0.29) is 0 Å². The van der Waals surface area contributed by atoms with Gasteiger partial charge in [-0.1, -0.05) is 166 Å². The van der Waals surface area contributed by atoms with Crippen molar-refractivity contribution in [3.05, 3.63) is 54.6 Å². The molecule has 0 amide bonds. The van der Waals surface area contributed by atoms with Gasteiger partial charge in [0.05, 0.1) is 6.33 Å². The van der Waals surface area contributed by atoms with Crippen molar-refractivity contribution in [3.8, 4) is 0 Å². The van der Waals surface area contributed by atoms with Crippen molar-refractivity contribution in [2.75, 3.05) is 0 Å². The molecule has 2 nitrogen and oxygen atoms in total. The largest absolute Gasteiger partial charge is 0.334 e. The number of nitrogens with zero attached hydrogens (tertiary/aromatic N) is 2. The molecule has 1 aromatic heterocycles. The molecule has 1 aromatic carbocycles. The highest BCUT2D eigenvalue weighted by molar-refractivity contribution is 5.15. The molecule has 0 aliphatic heterocycles. The topological polar surface area (TPSA) is 17.8 Å². The van der Waals surface area contributed by atoms with E-state index in [1.54, 1.807) is 0 Å². The number of imidazole rings is 1. The van der Waals surface area contributed by atoms with E-state index in [2.05, 4.69) is 66.3 Å². The fourth-order valence-electron chi connectivity index (χ4n) is 6.00. The Morgan fingerprint density at radius 3 is 1.57 bits per heavy atom. The molecule has 0 aliphatic rings. The summed E-state index contributed by atoms with van der Waals surface area (Å²) in [5.41, 5.74) is 1.50. The van der Waals surface area contributed by atoms with Crippen molar-refractivity contribution in [1.29, 1.82) is 0 Å². The van der Waals surface area contributed by atoms with E-state index in [9.17, 15) is 0 Å². The van der Waals surface area contributed by atoms with Crippen LogP contribution in [0.2, 0.25) is 0 Å². The lowest BCUT2D eigenvalue weighted by Crippen LogP contribution is -2.21. The van der Waals surface area contributed by atoms with Crippen molar-refractivity contribution in [3.63, 3.8) is 0 Å². The van der Waals surface area contributed by atoms with Crippen LogP contribution < -0.4 is 0 Å². The van der Waals surface area contributed by atoms with Crippen molar-refractivity contribution in [2.45, 2.75) is 161 Å². The van der Waals surface area contributed by atoms with E-state index >= 15 is 0 Å². The molecule has 0 saturated carbocycles. The van der Waals surface area contributed by atoms with Gasteiger partial charge in [-0.25, -0.2) is 4.98 Å². The molecule has 0 radical (unpaired) electrons. The normalized spacial score (nSPS) is 13.1. The lowest BCUT2D eigenvalue weighted by atomic mass is 9.84. The minimum absolute atomic E-state index is 0.575. The maximum absolute atomic E-state index is 4.44. The van der Waals surface area contributed by atoms with Crippen LogP contribution in [0.3, 0.4) is 0 Å². The van der Waals surface area contributed by atoms with E-state index in [4.69, 9.17) is 0 Å². The molecule has 0 spiro atoms. The third-order valence-corrected chi connectivity index (χ3v) is 8.32. The first-order valence-electron chi connectivity index (χ1n) is 16.4. The van der Waals surface area contributed by atoms with Crippen LogP contribution in [0, 0.1) is 5.92 Å². The van der Waals surface area contributed by atoms with E-state index < -0.39 is 0 Å². The molecule has 37 heavy (non-hydrogen) atoms. The minimum Gasteiger partial charge on any atom is -0.334 e. The Balaban J connectivity index is 1.77. The van der Waals surface area contributed by atoms with E-state index in [0.717, 1.165) is 0 Å². The van der Waals surface area contributed by atoms with Gasteiger partial charge in [0, 0.05) is 18.4 Å². The molecule has 0 bridgehead atoms. The Kier molecular flexibility index (Phi) is 19.2. The molecule has 2 heteroatoms.